The average molecular weight is 468 g/mol. The number of hydrogen-bond donors (Lipinski definition) is 0. The Morgan fingerprint density at radius 3 is 2.03 bits per heavy atom. The third kappa shape index (κ3) is 6.28. The van der Waals surface area contributed by atoms with Crippen LogP contribution in [0.15, 0.2) is 23.1 Å². The number of ether oxygens (including phenoxy) is 1. The van der Waals surface area contributed by atoms with Gasteiger partial charge in [-0.3, -0.25) is 0 Å². The van der Waals surface area contributed by atoms with Crippen molar-refractivity contribution in [1.82, 2.24) is 4.90 Å². The number of benzene rings is 1. The van der Waals surface area contributed by atoms with Gasteiger partial charge in [0.05, 0.1) is 0 Å². The van der Waals surface area contributed by atoms with Crippen molar-refractivity contribution in [2.75, 3.05) is 13.1 Å². The first kappa shape index (κ1) is 26.2. The van der Waals surface area contributed by atoms with E-state index in [4.69, 9.17) is 4.74 Å². The number of carbonyl (C=O) groups is 1. The highest BCUT2D eigenvalue weighted by Gasteiger charge is 2.44. The molecule has 0 aliphatic carbocycles. The van der Waals surface area contributed by atoms with Gasteiger partial charge < -0.3 is 9.64 Å². The Kier molecular flexibility index (Phi) is 8.71. The van der Waals surface area contributed by atoms with E-state index in [1.54, 1.807) is 12.1 Å². The quantitative estimate of drug-likeness (QED) is 0.395. The van der Waals surface area contributed by atoms with Crippen molar-refractivity contribution < 1.29 is 13.9 Å². The summed E-state index contributed by atoms with van der Waals surface area (Å²) in [4.78, 5) is 15.4. The molecule has 1 saturated heterocycles. The highest BCUT2D eigenvalue weighted by Crippen LogP contribution is 2.53. The zero-order valence-electron chi connectivity index (χ0n) is 20.9. The minimum Gasteiger partial charge on any atom is -0.444 e. The molecule has 176 valence electrons. The van der Waals surface area contributed by atoms with Gasteiger partial charge in [0.2, 0.25) is 0 Å². The Balaban J connectivity index is 2.26. The fourth-order valence-corrected chi connectivity index (χ4v) is 14.6. The van der Waals surface area contributed by atoms with Crippen LogP contribution in [-0.2, 0) is 4.74 Å². The predicted octanol–water partition coefficient (Wildman–Crippen LogP) is 8.21. The molecule has 0 spiro atoms. The number of nitrogens with zero attached hydrogens (tertiary/aromatic N) is 1. The first-order valence-corrected chi connectivity index (χ1v) is 15.5. The largest absolute Gasteiger partial charge is 0.444 e. The summed E-state index contributed by atoms with van der Waals surface area (Å²) < 4.78 is 19.9. The molecule has 0 aromatic heterocycles. The Labute approximate surface area is 194 Å². The van der Waals surface area contributed by atoms with Crippen molar-refractivity contribution >= 4 is 24.5 Å². The molecule has 1 aliphatic rings. The van der Waals surface area contributed by atoms with E-state index in [0.29, 0.717) is 35.6 Å². The molecule has 0 radical (unpaired) electrons. The van der Waals surface area contributed by atoms with Crippen LogP contribution in [0.25, 0.3) is 0 Å². The molecule has 1 amide bonds. The predicted molar refractivity (Wildman–Crippen MR) is 133 cm³/mol. The second kappa shape index (κ2) is 10.3. The Bertz CT molecular complexity index is 731. The fraction of sp³-hybridized carbons (Fsp3) is 0.720. The van der Waals surface area contributed by atoms with E-state index < -0.39 is 12.8 Å². The summed E-state index contributed by atoms with van der Waals surface area (Å²) in [5, 5.41) is 0. The number of hydrogen-bond acceptors (Lipinski definition) is 3. The van der Waals surface area contributed by atoms with E-state index in [1.807, 2.05) is 42.9 Å². The Morgan fingerprint density at radius 2 is 1.58 bits per heavy atom. The van der Waals surface area contributed by atoms with Gasteiger partial charge in [0.15, 0.2) is 0 Å². The van der Waals surface area contributed by atoms with Crippen molar-refractivity contribution in [3.8, 4) is 0 Å². The zero-order valence-corrected chi connectivity index (χ0v) is 22.7. The smallest absolute Gasteiger partial charge is 0.410 e. The van der Waals surface area contributed by atoms with E-state index in [-0.39, 0.29) is 11.9 Å². The topological polar surface area (TPSA) is 29.5 Å². The molecule has 1 aromatic carbocycles. The van der Waals surface area contributed by atoms with Gasteiger partial charge in [0, 0.05) is 18.0 Å². The second-order valence-electron chi connectivity index (χ2n) is 10.8. The van der Waals surface area contributed by atoms with E-state index in [9.17, 15) is 9.18 Å². The van der Waals surface area contributed by atoms with Crippen LogP contribution in [0.1, 0.15) is 86.6 Å². The molecule has 1 aliphatic heterocycles. The van der Waals surface area contributed by atoms with Gasteiger partial charge in [-0.1, -0.05) is 47.6 Å². The summed E-state index contributed by atoms with van der Waals surface area (Å²) in [6.07, 6.45) is 1.54. The lowest BCUT2D eigenvalue weighted by atomic mass is 9.89. The van der Waals surface area contributed by atoms with Gasteiger partial charge in [0.25, 0.3) is 0 Å². The summed E-state index contributed by atoms with van der Waals surface area (Å²) in [6.45, 7) is 21.1. The van der Waals surface area contributed by atoms with Gasteiger partial charge in [-0.05, 0) is 73.9 Å². The minimum atomic E-state index is -1.78. The van der Waals surface area contributed by atoms with Crippen LogP contribution in [0, 0.1) is 5.82 Å². The monoisotopic (exact) mass is 467 g/mol. The van der Waals surface area contributed by atoms with E-state index >= 15 is 0 Å². The number of rotatable bonds is 6. The molecular weight excluding hydrogens is 425 g/mol. The zero-order chi connectivity index (χ0) is 23.6. The van der Waals surface area contributed by atoms with Crippen LogP contribution in [0.2, 0.25) is 16.6 Å². The molecule has 0 bridgehead atoms. The van der Waals surface area contributed by atoms with Gasteiger partial charge >= 0.3 is 6.09 Å². The maximum atomic E-state index is 14.4. The molecule has 31 heavy (non-hydrogen) atoms. The standard InChI is InChI=1S/C25H42FNO2SSi/c1-17(2)31(18(3)4,19(5)6)30-23-16-21(26)10-11-22(23)20-12-14-27(15-13-20)24(28)29-25(7,8)9/h10-11,16-20H,12-15H2,1-9H3. The van der Waals surface area contributed by atoms with Crippen molar-refractivity contribution in [3.05, 3.63) is 29.6 Å². The van der Waals surface area contributed by atoms with Gasteiger partial charge in [-0.15, -0.1) is 11.2 Å². The van der Waals surface area contributed by atoms with Crippen LogP contribution in [0.5, 0.6) is 0 Å². The van der Waals surface area contributed by atoms with E-state index in [1.165, 1.54) is 5.56 Å². The summed E-state index contributed by atoms with van der Waals surface area (Å²) in [5.41, 5.74) is 2.58. The number of halogens is 1. The van der Waals surface area contributed by atoms with Gasteiger partial charge in [0.1, 0.15) is 18.6 Å². The van der Waals surface area contributed by atoms with Crippen molar-refractivity contribution in [2.24, 2.45) is 0 Å². The average Bonchev–Trinajstić information content (AvgIpc) is 2.64. The maximum Gasteiger partial charge on any atom is 0.410 e. The minimum absolute atomic E-state index is 0.156. The van der Waals surface area contributed by atoms with Gasteiger partial charge in [-0.25, -0.2) is 9.18 Å². The van der Waals surface area contributed by atoms with E-state index in [2.05, 4.69) is 41.5 Å². The SMILES string of the molecule is CC(C)[Si](Sc1cc(F)ccc1C1CCN(C(=O)OC(C)(C)C)CC1)(C(C)C)C(C)C. The summed E-state index contributed by atoms with van der Waals surface area (Å²) >= 11 is 2.00. The summed E-state index contributed by atoms with van der Waals surface area (Å²) in [6, 6.07) is 5.35. The molecule has 1 heterocycles. The summed E-state index contributed by atoms with van der Waals surface area (Å²) in [7, 11) is -1.78. The summed E-state index contributed by atoms with van der Waals surface area (Å²) in [5.74, 6) is 0.191. The number of likely N-dealkylation sites (tertiary alicyclic amines) is 1. The van der Waals surface area contributed by atoms with Crippen LogP contribution in [0.3, 0.4) is 0 Å². The van der Waals surface area contributed by atoms with Gasteiger partial charge in [-0.2, -0.15) is 0 Å². The molecule has 6 heteroatoms. The molecule has 2 rings (SSSR count). The molecule has 3 nitrogen and oxygen atoms in total. The third-order valence-electron chi connectivity index (χ3n) is 6.56. The third-order valence-corrected chi connectivity index (χ3v) is 18.9. The number of carbonyl (C=O) groups excluding carboxylic acids is 1. The van der Waals surface area contributed by atoms with Crippen molar-refractivity contribution in [1.29, 1.82) is 0 Å². The van der Waals surface area contributed by atoms with Crippen LogP contribution < -0.4 is 0 Å². The van der Waals surface area contributed by atoms with Crippen molar-refractivity contribution in [2.45, 2.75) is 108 Å². The molecular formula is C25H42FNO2SSi. The normalized spacial score (nSPS) is 16.5. The van der Waals surface area contributed by atoms with Crippen LogP contribution in [-0.4, -0.2) is 36.9 Å². The highest BCUT2D eigenvalue weighted by molar-refractivity contribution is 8.29. The molecule has 0 atom stereocenters. The van der Waals surface area contributed by atoms with Crippen LogP contribution in [0.4, 0.5) is 9.18 Å². The van der Waals surface area contributed by atoms with Crippen LogP contribution >= 0.6 is 11.2 Å². The second-order valence-corrected chi connectivity index (χ2v) is 19.4. The molecule has 1 fully saturated rings. The molecule has 0 saturated carbocycles. The Hall–Kier alpha value is -1.01. The lowest BCUT2D eigenvalue weighted by Gasteiger charge is -2.43. The first-order valence-electron chi connectivity index (χ1n) is 11.7. The Morgan fingerprint density at radius 1 is 1.06 bits per heavy atom. The first-order chi connectivity index (χ1) is 14.3. The highest BCUT2D eigenvalue weighted by atomic mass is 32.4. The molecule has 0 unspecified atom stereocenters. The van der Waals surface area contributed by atoms with E-state index in [0.717, 1.165) is 17.7 Å². The molecule has 0 N–H and O–H groups in total. The van der Waals surface area contributed by atoms with Crippen molar-refractivity contribution in [3.63, 3.8) is 0 Å². The lowest BCUT2D eigenvalue weighted by molar-refractivity contribution is 0.0204. The molecule has 1 aromatic rings. The maximum absolute atomic E-state index is 14.4. The lowest BCUT2D eigenvalue weighted by Crippen LogP contribution is -2.42. The number of piperidine rings is 1. The number of amides is 1. The fourth-order valence-electron chi connectivity index (χ4n) is 5.18.